The number of nitrogens with one attached hydrogen (secondary N) is 1. The lowest BCUT2D eigenvalue weighted by Crippen LogP contribution is -2.11. The predicted octanol–water partition coefficient (Wildman–Crippen LogP) is 2.03. The van der Waals surface area contributed by atoms with Gasteiger partial charge in [0.2, 0.25) is 0 Å². The number of benzene rings is 1. The second kappa shape index (κ2) is 3.41. The van der Waals surface area contributed by atoms with Gasteiger partial charge >= 0.3 is 0 Å². The first kappa shape index (κ1) is 10.3. The molecule has 0 aliphatic carbocycles. The lowest BCUT2D eigenvalue weighted by Gasteiger charge is -2.02. The van der Waals surface area contributed by atoms with Crippen LogP contribution in [0.1, 0.15) is 5.69 Å². The Hall–Kier alpha value is -2.69. The Bertz CT molecular complexity index is 997. The van der Waals surface area contributed by atoms with E-state index in [0.717, 1.165) is 16.6 Å². The second-order valence-corrected chi connectivity index (χ2v) is 4.59. The molecule has 0 bridgehead atoms. The summed E-state index contributed by atoms with van der Waals surface area (Å²) in [5.41, 5.74) is 2.82. The maximum absolute atomic E-state index is 12.1. The highest BCUT2D eigenvalue weighted by molar-refractivity contribution is 5.91. The van der Waals surface area contributed by atoms with E-state index in [1.54, 1.807) is 4.52 Å². The van der Waals surface area contributed by atoms with Gasteiger partial charge in [-0.05, 0) is 19.1 Å². The van der Waals surface area contributed by atoms with Gasteiger partial charge in [0.25, 0.3) is 5.56 Å². The smallest absolute Gasteiger partial charge is 0.260 e. The molecule has 5 heteroatoms. The number of fused-ring (bicyclic) bond motifs is 4. The number of pyridine rings is 1. The summed E-state index contributed by atoms with van der Waals surface area (Å²) in [5.74, 6) is 0. The Morgan fingerprint density at radius 2 is 2.05 bits per heavy atom. The first-order chi connectivity index (χ1) is 9.22. The average Bonchev–Trinajstić information content (AvgIpc) is 2.78. The van der Waals surface area contributed by atoms with Gasteiger partial charge in [-0.2, -0.15) is 9.61 Å². The molecule has 0 unspecified atom stereocenters. The van der Waals surface area contributed by atoms with Crippen molar-refractivity contribution in [3.8, 4) is 0 Å². The number of aromatic amines is 1. The third-order valence-corrected chi connectivity index (χ3v) is 3.22. The molecule has 92 valence electrons. The first-order valence-corrected chi connectivity index (χ1v) is 6.00. The summed E-state index contributed by atoms with van der Waals surface area (Å²) in [7, 11) is 0. The number of H-pyrrole nitrogens is 1. The molecule has 0 radical (unpaired) electrons. The number of aryl methyl sites for hydroxylation is 1. The Morgan fingerprint density at radius 3 is 2.95 bits per heavy atom. The van der Waals surface area contributed by atoms with Crippen LogP contribution >= 0.6 is 0 Å². The maximum atomic E-state index is 12.1. The zero-order chi connectivity index (χ0) is 13.0. The molecular formula is C14H10N4O. The molecule has 0 atom stereocenters. The maximum Gasteiger partial charge on any atom is 0.260 e. The van der Waals surface area contributed by atoms with Crippen molar-refractivity contribution in [1.29, 1.82) is 0 Å². The minimum absolute atomic E-state index is 0.138. The molecule has 5 nitrogen and oxygen atoms in total. The molecule has 19 heavy (non-hydrogen) atoms. The van der Waals surface area contributed by atoms with Crippen LogP contribution in [0.5, 0.6) is 0 Å². The van der Waals surface area contributed by atoms with Crippen molar-refractivity contribution in [2.24, 2.45) is 0 Å². The molecule has 1 aromatic carbocycles. The number of aromatic nitrogens is 4. The third-order valence-electron chi connectivity index (χ3n) is 3.22. The van der Waals surface area contributed by atoms with Gasteiger partial charge in [0, 0.05) is 11.5 Å². The van der Waals surface area contributed by atoms with E-state index in [9.17, 15) is 4.79 Å². The van der Waals surface area contributed by atoms with Crippen LogP contribution in [0.2, 0.25) is 0 Å². The minimum atomic E-state index is -0.138. The SMILES string of the molecule is Cc1cc2[nH]c(=O)c3cc4ccccc4nc3n2n1. The highest BCUT2D eigenvalue weighted by atomic mass is 16.1. The van der Waals surface area contributed by atoms with Crippen LogP contribution in [0.4, 0.5) is 0 Å². The van der Waals surface area contributed by atoms with E-state index in [4.69, 9.17) is 0 Å². The van der Waals surface area contributed by atoms with Crippen LogP contribution in [0.3, 0.4) is 0 Å². The van der Waals surface area contributed by atoms with Crippen LogP contribution in [0.15, 0.2) is 41.2 Å². The van der Waals surface area contributed by atoms with E-state index in [-0.39, 0.29) is 5.56 Å². The summed E-state index contributed by atoms with van der Waals surface area (Å²) in [6, 6.07) is 11.4. The van der Waals surface area contributed by atoms with Gasteiger partial charge in [0.05, 0.1) is 16.6 Å². The van der Waals surface area contributed by atoms with Crippen molar-refractivity contribution >= 4 is 27.6 Å². The third kappa shape index (κ3) is 1.38. The molecule has 4 aromatic rings. The molecular weight excluding hydrogens is 240 g/mol. The van der Waals surface area contributed by atoms with Gasteiger partial charge in [-0.1, -0.05) is 18.2 Å². The van der Waals surface area contributed by atoms with E-state index < -0.39 is 0 Å². The zero-order valence-corrected chi connectivity index (χ0v) is 10.2. The topological polar surface area (TPSA) is 63.0 Å². The second-order valence-electron chi connectivity index (χ2n) is 4.59. The van der Waals surface area contributed by atoms with E-state index in [1.807, 2.05) is 43.3 Å². The van der Waals surface area contributed by atoms with Gasteiger partial charge in [0.1, 0.15) is 5.65 Å². The summed E-state index contributed by atoms with van der Waals surface area (Å²) >= 11 is 0. The molecule has 4 rings (SSSR count). The molecule has 0 spiro atoms. The molecule has 3 aromatic heterocycles. The van der Waals surface area contributed by atoms with Gasteiger partial charge in [-0.15, -0.1) is 0 Å². The summed E-state index contributed by atoms with van der Waals surface area (Å²) < 4.78 is 1.68. The quantitative estimate of drug-likeness (QED) is 0.486. The van der Waals surface area contributed by atoms with Crippen LogP contribution < -0.4 is 5.56 Å². The standard InChI is InChI=1S/C14H10N4O/c1-8-6-12-16-14(19)10-7-9-4-2-3-5-11(9)15-13(10)18(12)17-8/h2-7H,1H3,(H,16,19). The summed E-state index contributed by atoms with van der Waals surface area (Å²) in [6.45, 7) is 1.89. The first-order valence-electron chi connectivity index (χ1n) is 6.00. The number of hydrogen-bond donors (Lipinski definition) is 1. The molecule has 0 saturated carbocycles. The van der Waals surface area contributed by atoms with Crippen LogP contribution in [0, 0.1) is 6.92 Å². The molecule has 3 heterocycles. The van der Waals surface area contributed by atoms with Gasteiger partial charge in [-0.3, -0.25) is 4.79 Å². The van der Waals surface area contributed by atoms with Crippen molar-refractivity contribution in [2.45, 2.75) is 6.92 Å². The fraction of sp³-hybridized carbons (Fsp3) is 0.0714. The fourth-order valence-corrected chi connectivity index (χ4v) is 2.37. The average molecular weight is 250 g/mol. The molecule has 0 saturated heterocycles. The normalized spacial score (nSPS) is 11.6. The molecule has 0 fully saturated rings. The highest BCUT2D eigenvalue weighted by Crippen LogP contribution is 2.17. The Morgan fingerprint density at radius 1 is 1.21 bits per heavy atom. The van der Waals surface area contributed by atoms with Gasteiger partial charge in [-0.25, -0.2) is 4.98 Å². The van der Waals surface area contributed by atoms with E-state index in [1.165, 1.54) is 0 Å². The number of nitrogens with zero attached hydrogens (tertiary/aromatic N) is 3. The van der Waals surface area contributed by atoms with Crippen LogP contribution in [-0.4, -0.2) is 19.6 Å². The number of para-hydroxylation sites is 1. The summed E-state index contributed by atoms with van der Waals surface area (Å²) in [4.78, 5) is 19.5. The van der Waals surface area contributed by atoms with Gasteiger partial charge < -0.3 is 4.98 Å². The highest BCUT2D eigenvalue weighted by Gasteiger charge is 2.09. The van der Waals surface area contributed by atoms with Crippen molar-refractivity contribution in [3.05, 3.63) is 52.4 Å². The van der Waals surface area contributed by atoms with Gasteiger partial charge in [0.15, 0.2) is 5.65 Å². The zero-order valence-electron chi connectivity index (χ0n) is 10.2. The molecule has 0 aliphatic rings. The fourth-order valence-electron chi connectivity index (χ4n) is 2.37. The van der Waals surface area contributed by atoms with Crippen molar-refractivity contribution < 1.29 is 0 Å². The van der Waals surface area contributed by atoms with Crippen molar-refractivity contribution in [3.63, 3.8) is 0 Å². The lowest BCUT2D eigenvalue weighted by atomic mass is 10.2. The number of rotatable bonds is 0. The van der Waals surface area contributed by atoms with E-state index in [2.05, 4.69) is 15.1 Å². The Kier molecular flexibility index (Phi) is 1.84. The minimum Gasteiger partial charge on any atom is -0.306 e. The monoisotopic (exact) mass is 250 g/mol. The predicted molar refractivity (Wildman–Crippen MR) is 73.4 cm³/mol. The van der Waals surface area contributed by atoms with E-state index >= 15 is 0 Å². The van der Waals surface area contributed by atoms with E-state index in [0.29, 0.717) is 16.7 Å². The van der Waals surface area contributed by atoms with Crippen molar-refractivity contribution in [1.82, 2.24) is 19.6 Å². The Labute approximate surface area is 107 Å². The van der Waals surface area contributed by atoms with Crippen LogP contribution in [0.25, 0.3) is 27.6 Å². The largest absolute Gasteiger partial charge is 0.306 e. The lowest BCUT2D eigenvalue weighted by molar-refractivity contribution is 0.938. The summed E-state index contributed by atoms with van der Waals surface area (Å²) in [6.07, 6.45) is 0. The molecule has 1 N–H and O–H groups in total. The van der Waals surface area contributed by atoms with Crippen LogP contribution in [-0.2, 0) is 0 Å². The number of hydrogen-bond acceptors (Lipinski definition) is 3. The molecule has 0 aliphatic heterocycles. The van der Waals surface area contributed by atoms with Crippen molar-refractivity contribution in [2.75, 3.05) is 0 Å². The summed E-state index contributed by atoms with van der Waals surface area (Å²) in [5, 5.41) is 5.87. The molecule has 0 amide bonds. The Balaban J connectivity index is 2.33.